The average molecular weight is 409 g/mol. The molecule has 1 saturated carbocycles. The van der Waals surface area contributed by atoms with Gasteiger partial charge in [0.05, 0.1) is 12.7 Å². The number of nitrogens with one attached hydrogen (secondary N) is 1. The van der Waals surface area contributed by atoms with Gasteiger partial charge in [-0.05, 0) is 53.4 Å². The van der Waals surface area contributed by atoms with Crippen LogP contribution in [-0.4, -0.2) is 36.2 Å². The Kier molecular flexibility index (Phi) is 5.27. The fourth-order valence-electron chi connectivity index (χ4n) is 4.94. The van der Waals surface area contributed by atoms with E-state index in [1.807, 2.05) is 29.2 Å². The van der Waals surface area contributed by atoms with Gasteiger partial charge in [-0.15, -0.1) is 0 Å². The predicted octanol–water partition coefficient (Wildman–Crippen LogP) is 4.75. The maximum Gasteiger partial charge on any atom is 0.321 e. The van der Waals surface area contributed by atoms with E-state index in [0.29, 0.717) is 43.5 Å². The second-order valence-corrected chi connectivity index (χ2v) is 9.85. The van der Waals surface area contributed by atoms with Crippen molar-refractivity contribution in [2.45, 2.75) is 44.6 Å². The molecule has 2 amide bonds. The molecule has 2 aliphatic rings. The number of methoxy groups -OCH3 is 1. The van der Waals surface area contributed by atoms with Crippen molar-refractivity contribution < 1.29 is 14.6 Å². The third-order valence-corrected chi connectivity index (χ3v) is 6.67. The summed E-state index contributed by atoms with van der Waals surface area (Å²) in [5, 5.41) is 14.3. The summed E-state index contributed by atoms with van der Waals surface area (Å²) >= 11 is 0. The first kappa shape index (κ1) is 20.7. The van der Waals surface area contributed by atoms with Gasteiger partial charge in [0.1, 0.15) is 5.75 Å². The molecule has 3 atom stereocenters. The summed E-state index contributed by atoms with van der Waals surface area (Å²) in [5.74, 6) is 1.37. The minimum absolute atomic E-state index is 0.0873. The van der Waals surface area contributed by atoms with Crippen molar-refractivity contribution in [2.75, 3.05) is 25.5 Å². The Morgan fingerprint density at radius 3 is 2.30 bits per heavy atom. The van der Waals surface area contributed by atoms with Gasteiger partial charge in [-0.25, -0.2) is 4.79 Å². The van der Waals surface area contributed by atoms with Crippen LogP contribution in [0.3, 0.4) is 0 Å². The third-order valence-electron chi connectivity index (χ3n) is 6.67. The van der Waals surface area contributed by atoms with E-state index >= 15 is 0 Å². The number of carbonyl (C=O) groups excluding carboxylic acids is 1. The molecule has 1 heterocycles. The molecule has 2 aromatic carbocycles. The van der Waals surface area contributed by atoms with E-state index in [1.54, 1.807) is 7.11 Å². The normalized spacial score (nSPS) is 25.8. The summed E-state index contributed by atoms with van der Waals surface area (Å²) in [6.45, 7) is 7.96. The largest absolute Gasteiger partial charge is 0.497 e. The van der Waals surface area contributed by atoms with E-state index in [2.05, 4.69) is 50.4 Å². The second kappa shape index (κ2) is 7.62. The van der Waals surface area contributed by atoms with Crippen LogP contribution in [0.5, 0.6) is 5.75 Å². The minimum Gasteiger partial charge on any atom is -0.497 e. The molecule has 30 heavy (non-hydrogen) atoms. The lowest BCUT2D eigenvalue weighted by Gasteiger charge is -2.28. The maximum atomic E-state index is 12.7. The Balaban J connectivity index is 1.39. The van der Waals surface area contributed by atoms with Crippen LogP contribution in [-0.2, 0) is 11.0 Å². The van der Waals surface area contributed by atoms with E-state index < -0.39 is 5.60 Å². The van der Waals surface area contributed by atoms with Gasteiger partial charge in [0.2, 0.25) is 0 Å². The zero-order valence-electron chi connectivity index (χ0n) is 18.3. The zero-order valence-corrected chi connectivity index (χ0v) is 18.3. The Morgan fingerprint density at radius 1 is 1.10 bits per heavy atom. The van der Waals surface area contributed by atoms with Crippen molar-refractivity contribution in [3.8, 4) is 5.75 Å². The number of benzene rings is 2. The van der Waals surface area contributed by atoms with Crippen molar-refractivity contribution >= 4 is 11.7 Å². The van der Waals surface area contributed by atoms with Crippen LogP contribution in [0, 0.1) is 11.8 Å². The molecule has 2 aromatic rings. The van der Waals surface area contributed by atoms with Gasteiger partial charge in [-0.3, -0.25) is 0 Å². The standard InChI is InChI=1S/C25H32N2O3/c1-24(2,3)19-8-10-20(11-9-19)25(29)13-17-15-27(16-18(17)14-25)23(28)26-21-6-5-7-22(12-21)30-4/h5-12,17-18,29H,13-16H2,1-4H3,(H,26,28)/t17-,18+,25?. The first-order valence-corrected chi connectivity index (χ1v) is 10.7. The lowest BCUT2D eigenvalue weighted by molar-refractivity contribution is 0.0328. The Bertz CT molecular complexity index is 903. The monoisotopic (exact) mass is 408 g/mol. The van der Waals surface area contributed by atoms with Crippen LogP contribution < -0.4 is 10.1 Å². The first-order valence-electron chi connectivity index (χ1n) is 10.7. The maximum absolute atomic E-state index is 12.7. The number of aliphatic hydroxyl groups is 1. The van der Waals surface area contributed by atoms with E-state index in [1.165, 1.54) is 5.56 Å². The smallest absolute Gasteiger partial charge is 0.321 e. The molecule has 5 heteroatoms. The van der Waals surface area contributed by atoms with Crippen LogP contribution in [0.2, 0.25) is 0 Å². The number of fused-ring (bicyclic) bond motifs is 1. The molecule has 5 nitrogen and oxygen atoms in total. The van der Waals surface area contributed by atoms with Crippen molar-refractivity contribution in [3.05, 3.63) is 59.7 Å². The molecule has 0 spiro atoms. The fraction of sp³-hybridized carbons (Fsp3) is 0.480. The summed E-state index contributed by atoms with van der Waals surface area (Å²) in [7, 11) is 1.61. The van der Waals surface area contributed by atoms with E-state index in [9.17, 15) is 9.90 Å². The number of likely N-dealkylation sites (tertiary alicyclic amines) is 1. The van der Waals surface area contributed by atoms with Gasteiger partial charge < -0.3 is 20.1 Å². The summed E-state index contributed by atoms with van der Waals surface area (Å²) in [5.41, 5.74) is 2.31. The molecule has 1 aliphatic carbocycles. The lowest BCUT2D eigenvalue weighted by Crippen LogP contribution is -2.35. The third kappa shape index (κ3) is 4.04. The molecule has 1 unspecified atom stereocenters. The summed E-state index contributed by atoms with van der Waals surface area (Å²) in [4.78, 5) is 14.6. The number of carbonyl (C=O) groups is 1. The molecule has 2 fully saturated rings. The van der Waals surface area contributed by atoms with E-state index in [4.69, 9.17) is 4.74 Å². The van der Waals surface area contributed by atoms with Gasteiger partial charge >= 0.3 is 6.03 Å². The fourth-order valence-corrected chi connectivity index (χ4v) is 4.94. The quantitative estimate of drug-likeness (QED) is 0.770. The number of urea groups is 1. The van der Waals surface area contributed by atoms with Gasteiger partial charge in [-0.1, -0.05) is 51.1 Å². The van der Waals surface area contributed by atoms with Gasteiger partial charge in [0.25, 0.3) is 0 Å². The number of ether oxygens (including phenoxy) is 1. The highest BCUT2D eigenvalue weighted by Crippen LogP contribution is 2.49. The van der Waals surface area contributed by atoms with Crippen LogP contribution in [0.25, 0.3) is 0 Å². The van der Waals surface area contributed by atoms with E-state index in [-0.39, 0.29) is 11.4 Å². The topological polar surface area (TPSA) is 61.8 Å². The number of hydrogen-bond acceptors (Lipinski definition) is 3. The highest BCUT2D eigenvalue weighted by molar-refractivity contribution is 5.89. The minimum atomic E-state index is -0.791. The van der Waals surface area contributed by atoms with Crippen molar-refractivity contribution in [3.63, 3.8) is 0 Å². The number of amides is 2. The van der Waals surface area contributed by atoms with Crippen LogP contribution >= 0.6 is 0 Å². The molecule has 0 radical (unpaired) electrons. The highest BCUT2D eigenvalue weighted by Gasteiger charge is 2.49. The van der Waals surface area contributed by atoms with Gasteiger partial charge in [-0.2, -0.15) is 0 Å². The van der Waals surface area contributed by atoms with Crippen LogP contribution in [0.1, 0.15) is 44.7 Å². The second-order valence-electron chi connectivity index (χ2n) is 9.85. The van der Waals surface area contributed by atoms with Crippen LogP contribution in [0.4, 0.5) is 10.5 Å². The Labute approximate surface area is 179 Å². The van der Waals surface area contributed by atoms with Crippen molar-refractivity contribution in [2.24, 2.45) is 11.8 Å². The van der Waals surface area contributed by atoms with Gasteiger partial charge in [0, 0.05) is 24.8 Å². The molecule has 0 bridgehead atoms. The number of nitrogens with zero attached hydrogens (tertiary/aromatic N) is 1. The number of hydrogen-bond donors (Lipinski definition) is 2. The van der Waals surface area contributed by atoms with Crippen molar-refractivity contribution in [1.82, 2.24) is 4.90 Å². The molecule has 160 valence electrons. The van der Waals surface area contributed by atoms with Gasteiger partial charge in [0.15, 0.2) is 0 Å². The number of anilines is 1. The molecule has 4 rings (SSSR count). The Morgan fingerprint density at radius 2 is 1.73 bits per heavy atom. The summed E-state index contributed by atoms with van der Waals surface area (Å²) in [6, 6.07) is 15.7. The summed E-state index contributed by atoms with van der Waals surface area (Å²) in [6.07, 6.45) is 1.41. The van der Waals surface area contributed by atoms with E-state index in [0.717, 1.165) is 11.3 Å². The molecule has 1 saturated heterocycles. The predicted molar refractivity (Wildman–Crippen MR) is 119 cm³/mol. The summed E-state index contributed by atoms with van der Waals surface area (Å²) < 4.78 is 5.22. The zero-order chi connectivity index (χ0) is 21.5. The molecule has 0 aromatic heterocycles. The van der Waals surface area contributed by atoms with Crippen LogP contribution in [0.15, 0.2) is 48.5 Å². The lowest BCUT2D eigenvalue weighted by atomic mass is 9.84. The average Bonchev–Trinajstić information content (AvgIpc) is 3.23. The molecular weight excluding hydrogens is 376 g/mol. The highest BCUT2D eigenvalue weighted by atomic mass is 16.5. The van der Waals surface area contributed by atoms with Crippen molar-refractivity contribution in [1.29, 1.82) is 0 Å². The number of rotatable bonds is 3. The Hall–Kier alpha value is -2.53. The SMILES string of the molecule is COc1cccc(NC(=O)N2C[C@@H]3CC(O)(c4ccc(C(C)(C)C)cc4)C[C@@H]3C2)c1. The first-order chi connectivity index (χ1) is 14.2. The molecule has 2 N–H and O–H groups in total. The molecular formula is C25H32N2O3. The molecule has 1 aliphatic heterocycles.